The molecule has 2 atom stereocenters. The van der Waals surface area contributed by atoms with E-state index in [1.54, 1.807) is 0 Å². The van der Waals surface area contributed by atoms with Crippen LogP contribution in [0.1, 0.15) is 85.8 Å². The lowest BCUT2D eigenvalue weighted by molar-refractivity contribution is -0.337. The number of alkyl halides is 3. The van der Waals surface area contributed by atoms with Crippen LogP contribution in [0, 0.1) is 12.3 Å². The molecule has 0 radical (unpaired) electrons. The van der Waals surface area contributed by atoms with Crippen LogP contribution < -0.4 is 0 Å². The molecule has 4 saturated carbocycles. The maximum atomic E-state index is 13.5. The SMILES string of the molecule is Cc1ccc2c(C34CC(C(F)(F)F)(C3)C4)nc([C@H]3CCO[C@H](c4cnn(C5CC5)c4)C3)nc2n1. The van der Waals surface area contributed by atoms with Gasteiger partial charge in [-0.05, 0) is 64.0 Å². The normalized spacial score (nSPS) is 32.9. The second-order valence-corrected chi connectivity index (χ2v) is 10.9. The maximum Gasteiger partial charge on any atom is 0.394 e. The molecule has 4 heterocycles. The Morgan fingerprint density at radius 3 is 2.59 bits per heavy atom. The third-order valence-corrected chi connectivity index (χ3v) is 8.41. The van der Waals surface area contributed by atoms with Gasteiger partial charge >= 0.3 is 6.18 Å². The summed E-state index contributed by atoms with van der Waals surface area (Å²) < 4.78 is 48.7. The predicted molar refractivity (Wildman–Crippen MR) is 117 cm³/mol. The van der Waals surface area contributed by atoms with Gasteiger partial charge in [0.1, 0.15) is 5.82 Å². The molecule has 0 N–H and O–H groups in total. The van der Waals surface area contributed by atoms with Crippen molar-refractivity contribution in [2.75, 3.05) is 6.61 Å². The van der Waals surface area contributed by atoms with E-state index in [-0.39, 0.29) is 31.3 Å². The first-order chi connectivity index (χ1) is 16.3. The van der Waals surface area contributed by atoms with E-state index in [4.69, 9.17) is 14.7 Å². The van der Waals surface area contributed by atoms with Gasteiger partial charge in [-0.15, -0.1) is 0 Å². The first kappa shape index (κ1) is 20.8. The number of ether oxygens (including phenoxy) is 1. The molecule has 0 aromatic carbocycles. The molecule has 6 nitrogen and oxygen atoms in total. The largest absolute Gasteiger partial charge is 0.394 e. The lowest BCUT2D eigenvalue weighted by Crippen LogP contribution is -2.70. The molecule has 0 spiro atoms. The molecule has 0 amide bonds. The topological polar surface area (TPSA) is 65.7 Å². The minimum absolute atomic E-state index is 0.0670. The molecule has 34 heavy (non-hydrogen) atoms. The molecule has 1 saturated heterocycles. The smallest absolute Gasteiger partial charge is 0.373 e. The summed E-state index contributed by atoms with van der Waals surface area (Å²) in [5, 5.41) is 5.29. The van der Waals surface area contributed by atoms with Crippen molar-refractivity contribution in [1.82, 2.24) is 24.7 Å². The van der Waals surface area contributed by atoms with E-state index in [1.807, 2.05) is 29.9 Å². The van der Waals surface area contributed by atoms with Gasteiger partial charge in [-0.3, -0.25) is 4.68 Å². The molecule has 3 aromatic heterocycles. The zero-order chi connectivity index (χ0) is 23.3. The van der Waals surface area contributed by atoms with Crippen LogP contribution in [-0.4, -0.2) is 37.5 Å². The van der Waals surface area contributed by atoms with E-state index in [2.05, 4.69) is 16.3 Å². The summed E-state index contributed by atoms with van der Waals surface area (Å²) in [5.74, 6) is 0.756. The second kappa shape index (κ2) is 6.77. The molecular formula is C25H26F3N5O. The van der Waals surface area contributed by atoms with E-state index < -0.39 is 17.0 Å². The molecule has 5 fully saturated rings. The van der Waals surface area contributed by atoms with E-state index in [0.717, 1.165) is 35.2 Å². The van der Waals surface area contributed by atoms with Crippen molar-refractivity contribution in [1.29, 1.82) is 0 Å². The molecule has 9 heteroatoms. The van der Waals surface area contributed by atoms with Gasteiger partial charge in [0.25, 0.3) is 0 Å². The van der Waals surface area contributed by atoms with Gasteiger partial charge in [0.2, 0.25) is 0 Å². The monoisotopic (exact) mass is 469 g/mol. The molecule has 3 aromatic rings. The Kier molecular flexibility index (Phi) is 4.14. The van der Waals surface area contributed by atoms with E-state index in [1.165, 1.54) is 12.8 Å². The van der Waals surface area contributed by atoms with Crippen LogP contribution in [0.5, 0.6) is 0 Å². The molecule has 4 aliphatic carbocycles. The number of hydrogen-bond acceptors (Lipinski definition) is 5. The fourth-order valence-corrected chi connectivity index (χ4v) is 6.37. The fraction of sp³-hybridized carbons (Fsp3) is 0.600. The fourth-order valence-electron chi connectivity index (χ4n) is 6.37. The average molecular weight is 470 g/mol. The summed E-state index contributed by atoms with van der Waals surface area (Å²) in [6.07, 6.45) is 3.98. The van der Waals surface area contributed by atoms with Crippen LogP contribution in [0.4, 0.5) is 13.2 Å². The minimum atomic E-state index is -4.14. The van der Waals surface area contributed by atoms with Crippen molar-refractivity contribution < 1.29 is 17.9 Å². The van der Waals surface area contributed by atoms with Crippen molar-refractivity contribution in [3.05, 3.63) is 47.3 Å². The highest BCUT2D eigenvalue weighted by Gasteiger charge is 2.79. The molecule has 5 aliphatic rings. The third-order valence-electron chi connectivity index (χ3n) is 8.41. The Hall–Kier alpha value is -2.55. The van der Waals surface area contributed by atoms with Crippen LogP contribution >= 0.6 is 0 Å². The number of aryl methyl sites for hydroxylation is 1. The van der Waals surface area contributed by atoms with E-state index in [9.17, 15) is 13.2 Å². The average Bonchev–Trinajstić information content (AvgIpc) is 3.47. The van der Waals surface area contributed by atoms with Gasteiger partial charge < -0.3 is 4.74 Å². The van der Waals surface area contributed by atoms with Crippen LogP contribution in [0.25, 0.3) is 11.0 Å². The zero-order valence-corrected chi connectivity index (χ0v) is 19.0. The minimum Gasteiger partial charge on any atom is -0.373 e. The third kappa shape index (κ3) is 2.98. The second-order valence-electron chi connectivity index (χ2n) is 10.9. The molecular weight excluding hydrogens is 443 g/mol. The van der Waals surface area contributed by atoms with Gasteiger partial charge in [-0.2, -0.15) is 18.3 Å². The van der Waals surface area contributed by atoms with Crippen molar-refractivity contribution in [3.8, 4) is 0 Å². The number of aromatic nitrogens is 5. The number of pyridine rings is 1. The standard InChI is InChI=1S/C25H26F3N5O/c1-14-2-5-18-20(23-11-24(12-23,13-23)25(26,27)28)31-21(32-22(18)30-14)15-6-7-34-19(8-15)16-9-29-33(10-16)17-3-4-17/h2,5,9-10,15,17,19H,3-4,6-8,11-13H2,1H3/t15-,19-,23?,24?/m0/s1. The van der Waals surface area contributed by atoms with Gasteiger partial charge in [0.15, 0.2) is 5.65 Å². The van der Waals surface area contributed by atoms with Gasteiger partial charge in [-0.1, -0.05) is 0 Å². The summed E-state index contributed by atoms with van der Waals surface area (Å²) in [6.45, 7) is 2.49. The first-order valence-electron chi connectivity index (χ1n) is 12.1. The Morgan fingerprint density at radius 1 is 1.06 bits per heavy atom. The summed E-state index contributed by atoms with van der Waals surface area (Å²) in [4.78, 5) is 14.4. The number of hydrogen-bond donors (Lipinski definition) is 0. The van der Waals surface area contributed by atoms with Crippen molar-refractivity contribution >= 4 is 11.0 Å². The molecule has 0 unspecified atom stereocenters. The lowest BCUT2D eigenvalue weighted by atomic mass is 9.33. The number of halogens is 3. The number of nitrogens with zero attached hydrogens (tertiary/aromatic N) is 5. The highest BCUT2D eigenvalue weighted by Crippen LogP contribution is 2.78. The molecule has 1 aliphatic heterocycles. The van der Waals surface area contributed by atoms with Crippen LogP contribution in [-0.2, 0) is 10.2 Å². The first-order valence-corrected chi connectivity index (χ1v) is 12.1. The summed E-state index contributed by atoms with van der Waals surface area (Å²) in [6, 6.07) is 4.33. The number of fused-ring (bicyclic) bond motifs is 1. The van der Waals surface area contributed by atoms with Crippen LogP contribution in [0.2, 0.25) is 0 Å². The molecule has 2 bridgehead atoms. The highest BCUT2D eigenvalue weighted by molar-refractivity contribution is 5.79. The quantitative estimate of drug-likeness (QED) is 0.506. The van der Waals surface area contributed by atoms with Crippen molar-refractivity contribution in [3.63, 3.8) is 0 Å². The van der Waals surface area contributed by atoms with Gasteiger partial charge in [0, 0.05) is 40.8 Å². The van der Waals surface area contributed by atoms with Crippen LogP contribution in [0.15, 0.2) is 24.5 Å². The Morgan fingerprint density at radius 2 is 1.85 bits per heavy atom. The van der Waals surface area contributed by atoms with Crippen molar-refractivity contribution in [2.24, 2.45) is 5.41 Å². The molecule has 8 rings (SSSR count). The van der Waals surface area contributed by atoms with Crippen molar-refractivity contribution in [2.45, 2.75) is 81.5 Å². The maximum absolute atomic E-state index is 13.5. The van der Waals surface area contributed by atoms with Crippen LogP contribution in [0.3, 0.4) is 0 Å². The summed E-state index contributed by atoms with van der Waals surface area (Å²) in [5.41, 5.74) is 1.24. The zero-order valence-electron chi connectivity index (χ0n) is 19.0. The summed E-state index contributed by atoms with van der Waals surface area (Å²) in [7, 11) is 0. The number of rotatable bonds is 4. The molecule has 178 valence electrons. The Balaban J connectivity index is 1.22. The van der Waals surface area contributed by atoms with Gasteiger partial charge in [-0.25, -0.2) is 15.0 Å². The van der Waals surface area contributed by atoms with E-state index >= 15 is 0 Å². The van der Waals surface area contributed by atoms with E-state index in [0.29, 0.717) is 24.1 Å². The predicted octanol–water partition coefficient (Wildman–Crippen LogP) is 5.48. The lowest BCUT2D eigenvalue weighted by Gasteiger charge is -2.70. The van der Waals surface area contributed by atoms with Gasteiger partial charge in [0.05, 0.1) is 29.5 Å². The highest BCUT2D eigenvalue weighted by atomic mass is 19.4. The Labute approximate surface area is 194 Å². The Bertz CT molecular complexity index is 1280. The summed E-state index contributed by atoms with van der Waals surface area (Å²) >= 11 is 0.